The van der Waals surface area contributed by atoms with Crippen LogP contribution in [-0.2, 0) is 29.1 Å². The summed E-state index contributed by atoms with van der Waals surface area (Å²) in [5, 5.41) is 6.19. The molecule has 0 aliphatic carbocycles. The Morgan fingerprint density at radius 1 is 1.03 bits per heavy atom. The lowest BCUT2D eigenvalue weighted by Crippen LogP contribution is -2.37. The van der Waals surface area contributed by atoms with Crippen LogP contribution in [0.3, 0.4) is 0 Å². The van der Waals surface area contributed by atoms with Gasteiger partial charge in [-0.2, -0.15) is 0 Å². The summed E-state index contributed by atoms with van der Waals surface area (Å²) in [5.74, 6) is 1.02. The Balaban J connectivity index is 1.77. The normalized spacial score (nSPS) is 15.7. The molecule has 3 rings (SSSR count). The van der Waals surface area contributed by atoms with Crippen molar-refractivity contribution in [3.63, 3.8) is 0 Å². The molecule has 6 heteroatoms. The molecule has 2 amide bonds. The van der Waals surface area contributed by atoms with E-state index >= 15 is 0 Å². The zero-order valence-electron chi connectivity index (χ0n) is 21.4. The van der Waals surface area contributed by atoms with Crippen molar-refractivity contribution in [2.45, 2.75) is 77.9 Å². The molecule has 0 spiro atoms. The number of aryl methyl sites for hydroxylation is 1. The number of ether oxygens (including phenoxy) is 1. The lowest BCUT2D eigenvalue weighted by atomic mass is 10.0. The van der Waals surface area contributed by atoms with E-state index in [2.05, 4.69) is 53.6 Å². The number of fused-ring (bicyclic) bond motifs is 1. The third-order valence-corrected chi connectivity index (χ3v) is 6.53. The van der Waals surface area contributed by atoms with Crippen LogP contribution in [0, 0.1) is 0 Å². The Hall–Kier alpha value is -2.86. The fourth-order valence-corrected chi connectivity index (χ4v) is 4.43. The molecule has 1 aliphatic heterocycles. The van der Waals surface area contributed by atoms with Gasteiger partial charge in [0, 0.05) is 37.7 Å². The zero-order valence-corrected chi connectivity index (χ0v) is 21.4. The molecule has 0 radical (unpaired) electrons. The number of rotatable bonds is 8. The smallest absolute Gasteiger partial charge is 0.234 e. The van der Waals surface area contributed by atoms with E-state index < -0.39 is 0 Å². The van der Waals surface area contributed by atoms with E-state index in [0.29, 0.717) is 45.6 Å². The molecule has 0 saturated heterocycles. The first-order chi connectivity index (χ1) is 17.1. The first-order valence-corrected chi connectivity index (χ1v) is 13.1. The van der Waals surface area contributed by atoms with Crippen LogP contribution in [0.2, 0.25) is 0 Å². The van der Waals surface area contributed by atoms with E-state index in [4.69, 9.17) is 4.74 Å². The van der Waals surface area contributed by atoms with Crippen molar-refractivity contribution >= 4 is 11.8 Å². The maximum Gasteiger partial charge on any atom is 0.234 e. The SMILES string of the molecule is CCC(CC)NC(=O)CCc1ccc2c(c1)CN(Cc1ccccc1)CC(=O)NCCCCCO2. The van der Waals surface area contributed by atoms with Crippen LogP contribution >= 0.6 is 0 Å². The molecule has 2 aromatic carbocycles. The van der Waals surface area contributed by atoms with Gasteiger partial charge in [-0.05, 0) is 55.7 Å². The second-order valence-corrected chi connectivity index (χ2v) is 9.41. The summed E-state index contributed by atoms with van der Waals surface area (Å²) in [6.07, 6.45) is 5.98. The topological polar surface area (TPSA) is 70.7 Å². The molecular formula is C29H41N3O3. The number of nitrogens with zero attached hydrogens (tertiary/aromatic N) is 1. The van der Waals surface area contributed by atoms with Gasteiger partial charge < -0.3 is 15.4 Å². The first kappa shape index (κ1) is 26.7. The van der Waals surface area contributed by atoms with Crippen molar-refractivity contribution in [2.75, 3.05) is 19.7 Å². The maximum atomic E-state index is 12.7. The van der Waals surface area contributed by atoms with Gasteiger partial charge in [0.2, 0.25) is 11.8 Å². The van der Waals surface area contributed by atoms with Gasteiger partial charge >= 0.3 is 0 Å². The van der Waals surface area contributed by atoms with Crippen LogP contribution in [0.1, 0.15) is 69.1 Å². The van der Waals surface area contributed by atoms with Gasteiger partial charge in [0.05, 0.1) is 13.2 Å². The van der Waals surface area contributed by atoms with Crippen molar-refractivity contribution in [1.29, 1.82) is 0 Å². The molecule has 0 atom stereocenters. The van der Waals surface area contributed by atoms with Gasteiger partial charge in [0.25, 0.3) is 0 Å². The van der Waals surface area contributed by atoms with E-state index in [1.165, 1.54) is 5.56 Å². The molecule has 0 bridgehead atoms. The standard InChI is InChI=1S/C29H41N3O3/c1-3-26(4-2)31-28(33)16-14-23-13-15-27-25(19-23)21-32(20-24-11-7-5-8-12-24)22-29(34)30-17-9-6-10-18-35-27/h5,7-8,11-13,15,19,26H,3-4,6,9-10,14,16-18,20-22H2,1-2H3,(H,30,34)(H,31,33). The van der Waals surface area contributed by atoms with Crippen molar-refractivity contribution in [2.24, 2.45) is 0 Å². The van der Waals surface area contributed by atoms with Crippen molar-refractivity contribution in [1.82, 2.24) is 15.5 Å². The summed E-state index contributed by atoms with van der Waals surface area (Å²) in [6, 6.07) is 16.7. The fraction of sp³-hybridized carbons (Fsp3) is 0.517. The Morgan fingerprint density at radius 2 is 1.83 bits per heavy atom. The molecule has 2 aromatic rings. The number of hydrogen-bond acceptors (Lipinski definition) is 4. The van der Waals surface area contributed by atoms with Gasteiger partial charge in [0.15, 0.2) is 0 Å². The van der Waals surface area contributed by atoms with Gasteiger partial charge in [0.1, 0.15) is 5.75 Å². The lowest BCUT2D eigenvalue weighted by Gasteiger charge is -2.24. The molecular weight excluding hydrogens is 438 g/mol. The largest absolute Gasteiger partial charge is 0.493 e. The summed E-state index contributed by atoms with van der Waals surface area (Å²) < 4.78 is 6.18. The minimum absolute atomic E-state index is 0.0527. The minimum atomic E-state index is 0.0527. The van der Waals surface area contributed by atoms with E-state index in [1.807, 2.05) is 24.3 Å². The van der Waals surface area contributed by atoms with Gasteiger partial charge in [-0.3, -0.25) is 14.5 Å². The summed E-state index contributed by atoms with van der Waals surface area (Å²) >= 11 is 0. The number of hydrogen-bond donors (Lipinski definition) is 2. The Bertz CT molecular complexity index is 928. The molecule has 0 saturated carbocycles. The Labute approximate surface area is 210 Å². The molecule has 35 heavy (non-hydrogen) atoms. The molecule has 0 unspecified atom stereocenters. The number of carbonyl (C=O) groups is 2. The first-order valence-electron chi connectivity index (χ1n) is 13.1. The number of nitrogens with one attached hydrogen (secondary N) is 2. The lowest BCUT2D eigenvalue weighted by molar-refractivity contribution is -0.123. The van der Waals surface area contributed by atoms with E-state index in [0.717, 1.165) is 49.0 Å². The quantitative estimate of drug-likeness (QED) is 0.580. The molecule has 190 valence electrons. The molecule has 0 aromatic heterocycles. The summed E-state index contributed by atoms with van der Waals surface area (Å²) in [7, 11) is 0. The number of benzene rings is 2. The van der Waals surface area contributed by atoms with Crippen LogP contribution in [0.25, 0.3) is 0 Å². The Kier molecular flexibility index (Phi) is 11.1. The zero-order chi connectivity index (χ0) is 24.9. The van der Waals surface area contributed by atoms with Crippen LogP contribution in [-0.4, -0.2) is 42.5 Å². The predicted molar refractivity (Wildman–Crippen MR) is 140 cm³/mol. The summed E-state index contributed by atoms with van der Waals surface area (Å²) in [4.78, 5) is 27.2. The van der Waals surface area contributed by atoms with Crippen molar-refractivity contribution in [3.8, 4) is 5.75 Å². The number of carbonyl (C=O) groups excluding carboxylic acids is 2. The number of amides is 2. The Morgan fingerprint density at radius 3 is 2.60 bits per heavy atom. The summed E-state index contributed by atoms with van der Waals surface area (Å²) in [6.45, 7) is 7.17. The van der Waals surface area contributed by atoms with Gasteiger partial charge in [-0.1, -0.05) is 56.3 Å². The molecule has 0 fully saturated rings. The van der Waals surface area contributed by atoms with Crippen molar-refractivity contribution in [3.05, 3.63) is 65.2 Å². The van der Waals surface area contributed by atoms with Crippen LogP contribution in [0.5, 0.6) is 5.75 Å². The van der Waals surface area contributed by atoms with E-state index in [-0.39, 0.29) is 17.9 Å². The highest BCUT2D eigenvalue weighted by atomic mass is 16.5. The monoisotopic (exact) mass is 479 g/mol. The highest BCUT2D eigenvalue weighted by molar-refractivity contribution is 5.78. The van der Waals surface area contributed by atoms with Crippen LogP contribution < -0.4 is 15.4 Å². The second-order valence-electron chi connectivity index (χ2n) is 9.41. The van der Waals surface area contributed by atoms with E-state index in [1.54, 1.807) is 0 Å². The van der Waals surface area contributed by atoms with Crippen molar-refractivity contribution < 1.29 is 14.3 Å². The third kappa shape index (κ3) is 9.36. The van der Waals surface area contributed by atoms with Crippen LogP contribution in [0.15, 0.2) is 48.5 Å². The maximum absolute atomic E-state index is 12.7. The van der Waals surface area contributed by atoms with Crippen LogP contribution in [0.4, 0.5) is 0 Å². The fourth-order valence-electron chi connectivity index (χ4n) is 4.43. The van der Waals surface area contributed by atoms with Gasteiger partial charge in [-0.15, -0.1) is 0 Å². The molecule has 1 heterocycles. The third-order valence-electron chi connectivity index (χ3n) is 6.53. The summed E-state index contributed by atoms with van der Waals surface area (Å²) in [5.41, 5.74) is 3.34. The molecule has 2 N–H and O–H groups in total. The highest BCUT2D eigenvalue weighted by Gasteiger charge is 2.17. The average Bonchev–Trinajstić information content (AvgIpc) is 2.87. The highest BCUT2D eigenvalue weighted by Crippen LogP contribution is 2.24. The average molecular weight is 480 g/mol. The molecule has 6 nitrogen and oxygen atoms in total. The van der Waals surface area contributed by atoms with Gasteiger partial charge in [-0.25, -0.2) is 0 Å². The second kappa shape index (κ2) is 14.5. The van der Waals surface area contributed by atoms with E-state index in [9.17, 15) is 9.59 Å². The minimum Gasteiger partial charge on any atom is -0.493 e. The molecule has 1 aliphatic rings. The predicted octanol–water partition coefficient (Wildman–Crippen LogP) is 4.61.